The fraction of sp³-hybridized carbons (Fsp3) is 0.250. The smallest absolute Gasteiger partial charge is 0.391 e. The number of rotatable bonds is 3. The molecule has 19 heavy (non-hydrogen) atoms. The second kappa shape index (κ2) is 5.00. The Balaban J connectivity index is 2.10. The monoisotopic (exact) mass is 250 g/mol. The molecule has 0 radical (unpaired) electrons. The van der Waals surface area contributed by atoms with Gasteiger partial charge in [-0.2, -0.15) is 0 Å². The van der Waals surface area contributed by atoms with Crippen molar-refractivity contribution in [3.05, 3.63) is 54.6 Å². The first-order valence-electron chi connectivity index (χ1n) is 7.04. The van der Waals surface area contributed by atoms with E-state index in [1.165, 1.54) is 16.8 Å². The fourth-order valence-electron chi connectivity index (χ4n) is 3.05. The molecule has 2 aromatic carbocycles. The second-order valence-corrected chi connectivity index (χ2v) is 4.85. The minimum Gasteiger partial charge on any atom is -0.391 e. The van der Waals surface area contributed by atoms with Crippen LogP contribution in [0.15, 0.2) is 54.6 Å². The largest absolute Gasteiger partial charge is 0.411 e. The van der Waals surface area contributed by atoms with Crippen molar-refractivity contribution >= 4 is 23.8 Å². The van der Waals surface area contributed by atoms with Crippen molar-refractivity contribution in [3.63, 3.8) is 0 Å². The molecule has 0 spiro atoms. The lowest BCUT2D eigenvalue weighted by Crippen LogP contribution is -2.56. The van der Waals surface area contributed by atoms with Gasteiger partial charge in [0.2, 0.25) is 0 Å². The van der Waals surface area contributed by atoms with Crippen molar-refractivity contribution in [2.75, 3.05) is 22.7 Å². The number of anilines is 2. The Kier molecular flexibility index (Phi) is 3.20. The quantitative estimate of drug-likeness (QED) is 0.773. The maximum Gasteiger partial charge on any atom is 0.411 e. The summed E-state index contributed by atoms with van der Waals surface area (Å²) in [4.78, 5) is 4.96. The van der Waals surface area contributed by atoms with Gasteiger partial charge in [-0.3, -0.25) is 0 Å². The van der Waals surface area contributed by atoms with Crippen LogP contribution in [0.5, 0.6) is 0 Å². The molecule has 0 aliphatic carbocycles. The summed E-state index contributed by atoms with van der Waals surface area (Å²) in [7, 11) is 0. The lowest BCUT2D eigenvalue weighted by Gasteiger charge is -2.28. The van der Waals surface area contributed by atoms with Crippen molar-refractivity contribution < 1.29 is 0 Å². The molecule has 3 heteroatoms. The van der Waals surface area contributed by atoms with E-state index in [0.29, 0.717) is 6.98 Å². The van der Waals surface area contributed by atoms with Gasteiger partial charge in [0.15, 0.2) is 0 Å². The van der Waals surface area contributed by atoms with Gasteiger partial charge in [-0.05, 0) is 31.4 Å². The van der Waals surface area contributed by atoms with Crippen LogP contribution in [0.1, 0.15) is 13.8 Å². The number of hydrogen-bond acceptors (Lipinski definition) is 2. The van der Waals surface area contributed by atoms with Gasteiger partial charge in [-0.1, -0.05) is 42.5 Å². The zero-order chi connectivity index (χ0) is 13.2. The van der Waals surface area contributed by atoms with E-state index in [4.69, 9.17) is 0 Å². The van der Waals surface area contributed by atoms with Gasteiger partial charge in [0, 0.05) is 24.5 Å². The highest BCUT2D eigenvalue weighted by molar-refractivity contribution is 6.82. The molecule has 1 aliphatic heterocycles. The molecule has 0 amide bonds. The number of nitrogens with zero attached hydrogens (tertiary/aromatic N) is 2. The summed E-state index contributed by atoms with van der Waals surface area (Å²) in [5.41, 5.74) is 4.06. The van der Waals surface area contributed by atoms with Crippen molar-refractivity contribution in [1.29, 1.82) is 0 Å². The van der Waals surface area contributed by atoms with E-state index in [1.807, 2.05) is 0 Å². The zero-order valence-corrected chi connectivity index (χ0v) is 11.6. The summed E-state index contributed by atoms with van der Waals surface area (Å²) in [5.74, 6) is 0. The number of hydrogen-bond donors (Lipinski definition) is 0. The zero-order valence-electron chi connectivity index (χ0n) is 11.6. The predicted molar refractivity (Wildman–Crippen MR) is 84.3 cm³/mol. The number of para-hydroxylation sites is 2. The first kappa shape index (κ1) is 12.2. The van der Waals surface area contributed by atoms with Crippen LogP contribution >= 0.6 is 0 Å². The third-order valence-corrected chi connectivity index (χ3v) is 3.87. The third kappa shape index (κ3) is 1.90. The van der Waals surface area contributed by atoms with E-state index < -0.39 is 0 Å². The average Bonchev–Trinajstić information content (AvgIpc) is 2.81. The lowest BCUT2D eigenvalue weighted by molar-refractivity contribution is 1.06. The van der Waals surface area contributed by atoms with Crippen LogP contribution in [0.3, 0.4) is 0 Å². The summed E-state index contributed by atoms with van der Waals surface area (Å²) in [6.07, 6.45) is 0. The normalized spacial score (nSPS) is 13.9. The molecular weight excluding hydrogens is 231 g/mol. The van der Waals surface area contributed by atoms with E-state index in [9.17, 15) is 0 Å². The molecule has 1 heterocycles. The van der Waals surface area contributed by atoms with E-state index >= 15 is 0 Å². The third-order valence-electron chi connectivity index (χ3n) is 3.87. The van der Waals surface area contributed by atoms with Gasteiger partial charge in [-0.25, -0.2) is 0 Å². The van der Waals surface area contributed by atoms with E-state index in [2.05, 4.69) is 78.1 Å². The van der Waals surface area contributed by atoms with E-state index in [0.717, 1.165) is 13.1 Å². The van der Waals surface area contributed by atoms with Gasteiger partial charge in [0.05, 0.1) is 0 Å². The average molecular weight is 250 g/mol. The van der Waals surface area contributed by atoms with Crippen molar-refractivity contribution in [3.8, 4) is 0 Å². The predicted octanol–water partition coefficient (Wildman–Crippen LogP) is 2.75. The van der Waals surface area contributed by atoms with Crippen LogP contribution in [0.25, 0.3) is 0 Å². The molecule has 96 valence electrons. The molecule has 3 rings (SSSR count). The molecule has 1 aliphatic rings. The maximum absolute atomic E-state index is 2.48. The summed E-state index contributed by atoms with van der Waals surface area (Å²) in [6.45, 7) is 6.83. The Morgan fingerprint density at radius 3 is 1.68 bits per heavy atom. The molecule has 0 unspecified atom stereocenters. The molecule has 0 saturated heterocycles. The highest BCUT2D eigenvalue weighted by atomic mass is 15.3. The van der Waals surface area contributed by atoms with Crippen LogP contribution in [0.2, 0.25) is 0 Å². The van der Waals surface area contributed by atoms with Gasteiger partial charge in [0.1, 0.15) is 0 Å². The molecular formula is C16H19BN2. The summed E-state index contributed by atoms with van der Waals surface area (Å²) >= 11 is 0. The fourth-order valence-corrected chi connectivity index (χ4v) is 3.05. The molecule has 2 aromatic rings. The Morgan fingerprint density at radius 1 is 0.737 bits per heavy atom. The van der Waals surface area contributed by atoms with Crippen LogP contribution in [0.4, 0.5) is 11.4 Å². The van der Waals surface area contributed by atoms with Gasteiger partial charge in [-0.15, -0.1) is 0 Å². The molecule has 0 saturated carbocycles. The second-order valence-electron chi connectivity index (χ2n) is 4.85. The molecule has 0 aromatic heterocycles. The molecule has 0 fully saturated rings. The van der Waals surface area contributed by atoms with E-state index in [1.54, 1.807) is 0 Å². The first-order chi connectivity index (χ1) is 9.36. The van der Waals surface area contributed by atoms with Gasteiger partial charge >= 0.3 is 6.98 Å². The summed E-state index contributed by atoms with van der Waals surface area (Å²) < 4.78 is 0. The Bertz CT molecular complexity index is 525. The van der Waals surface area contributed by atoms with Crippen molar-refractivity contribution in [2.45, 2.75) is 13.8 Å². The van der Waals surface area contributed by atoms with E-state index in [-0.39, 0.29) is 0 Å². The lowest BCUT2D eigenvalue weighted by atomic mass is 9.65. The molecule has 0 N–H and O–H groups in total. The molecule has 0 bridgehead atoms. The van der Waals surface area contributed by atoms with Gasteiger partial charge in [0.25, 0.3) is 0 Å². The van der Waals surface area contributed by atoms with Crippen molar-refractivity contribution in [1.82, 2.24) is 0 Å². The van der Waals surface area contributed by atoms with Gasteiger partial charge < -0.3 is 9.62 Å². The molecule has 2 nitrogen and oxygen atoms in total. The topological polar surface area (TPSA) is 6.48 Å². The Hall–Kier alpha value is -1.90. The summed E-state index contributed by atoms with van der Waals surface area (Å²) in [6, 6.07) is 19.5. The van der Waals surface area contributed by atoms with Crippen LogP contribution in [0, 0.1) is 0 Å². The highest BCUT2D eigenvalue weighted by Gasteiger charge is 2.39. The first-order valence-corrected chi connectivity index (χ1v) is 7.04. The maximum atomic E-state index is 2.48. The minimum absolute atomic E-state index is 0.327. The highest BCUT2D eigenvalue weighted by Crippen LogP contribution is 2.37. The standard InChI is InChI=1S/C16H19BN2/c1-3-18-15-12-8-9-13-16(15)19(4-2)17(18)14-10-6-5-7-11-14/h5-13H,3-4H2,1-2H3. The Labute approximate surface area is 115 Å². The Morgan fingerprint density at radius 2 is 1.21 bits per heavy atom. The molecule has 0 atom stereocenters. The SMILES string of the molecule is CCN1B(c2ccccc2)N(CC)c2ccccc21. The van der Waals surface area contributed by atoms with Crippen LogP contribution in [-0.4, -0.2) is 20.1 Å². The summed E-state index contributed by atoms with van der Waals surface area (Å²) in [5, 5.41) is 0. The van der Waals surface area contributed by atoms with Crippen LogP contribution < -0.4 is 15.1 Å². The minimum atomic E-state index is 0.327. The number of benzene rings is 2. The van der Waals surface area contributed by atoms with Crippen molar-refractivity contribution in [2.24, 2.45) is 0 Å². The van der Waals surface area contributed by atoms with Crippen LogP contribution in [-0.2, 0) is 0 Å². The number of fused-ring (bicyclic) bond motifs is 1.